The van der Waals surface area contributed by atoms with Gasteiger partial charge in [-0.15, -0.1) is 0 Å². The second-order valence-electron chi connectivity index (χ2n) is 11.4. The number of fused-ring (bicyclic) bond motifs is 1. The Labute approximate surface area is 217 Å². The lowest BCUT2D eigenvalue weighted by Crippen LogP contribution is -2.58. The van der Waals surface area contributed by atoms with E-state index in [4.69, 9.17) is 9.72 Å². The molecule has 9 heteroatoms. The Bertz CT molecular complexity index is 1210. The van der Waals surface area contributed by atoms with Gasteiger partial charge in [-0.25, -0.2) is 14.3 Å². The van der Waals surface area contributed by atoms with Crippen LogP contribution in [-0.2, 0) is 22.5 Å². The summed E-state index contributed by atoms with van der Waals surface area (Å²) >= 11 is 0. The van der Waals surface area contributed by atoms with Crippen LogP contribution in [0.3, 0.4) is 0 Å². The summed E-state index contributed by atoms with van der Waals surface area (Å²) in [5, 5.41) is 3.56. The predicted molar refractivity (Wildman–Crippen MR) is 141 cm³/mol. The van der Waals surface area contributed by atoms with E-state index in [1.54, 1.807) is 14.4 Å². The van der Waals surface area contributed by atoms with Crippen molar-refractivity contribution in [3.63, 3.8) is 0 Å². The lowest BCUT2D eigenvalue weighted by molar-refractivity contribution is -0.141. The first-order valence-corrected chi connectivity index (χ1v) is 13.4. The van der Waals surface area contributed by atoms with Crippen molar-refractivity contribution < 1.29 is 14.3 Å². The first-order chi connectivity index (χ1) is 17.7. The summed E-state index contributed by atoms with van der Waals surface area (Å²) < 4.78 is 7.06. The molecule has 0 atom stereocenters. The number of likely N-dealkylation sites (tertiary alicyclic amines) is 1. The highest BCUT2D eigenvalue weighted by atomic mass is 16.6. The molecule has 3 aliphatic rings. The number of carbonyl (C=O) groups is 2. The molecule has 2 aliphatic heterocycles. The Hall–Kier alpha value is -3.36. The minimum atomic E-state index is -0.570. The van der Waals surface area contributed by atoms with Crippen molar-refractivity contribution in [3.05, 3.63) is 51.9 Å². The second-order valence-corrected chi connectivity index (χ2v) is 11.4. The van der Waals surface area contributed by atoms with E-state index in [0.717, 1.165) is 24.2 Å². The molecule has 198 valence electrons. The van der Waals surface area contributed by atoms with E-state index in [1.807, 2.05) is 51.1 Å². The lowest BCUT2D eigenvalue weighted by Gasteiger charge is -2.41. The van der Waals surface area contributed by atoms with Gasteiger partial charge >= 0.3 is 6.09 Å². The fourth-order valence-corrected chi connectivity index (χ4v) is 5.38. The van der Waals surface area contributed by atoms with E-state index in [9.17, 15) is 14.4 Å². The molecule has 0 radical (unpaired) electrons. The number of nitrogens with one attached hydrogen (secondary N) is 1. The van der Waals surface area contributed by atoms with Gasteiger partial charge in [-0.3, -0.25) is 9.59 Å². The molecule has 1 N–H and O–H groups in total. The third-order valence-corrected chi connectivity index (χ3v) is 7.38. The Kier molecular flexibility index (Phi) is 6.96. The fourth-order valence-electron chi connectivity index (χ4n) is 5.38. The average molecular weight is 508 g/mol. The van der Waals surface area contributed by atoms with Crippen molar-refractivity contribution in [3.8, 4) is 5.69 Å². The molecule has 0 bridgehead atoms. The summed E-state index contributed by atoms with van der Waals surface area (Å²) in [6, 6.07) is 9.87. The Balaban J connectivity index is 1.34. The van der Waals surface area contributed by atoms with Crippen molar-refractivity contribution >= 4 is 17.9 Å². The monoisotopic (exact) mass is 507 g/mol. The van der Waals surface area contributed by atoms with Gasteiger partial charge < -0.3 is 19.9 Å². The van der Waals surface area contributed by atoms with Crippen LogP contribution in [0, 0.1) is 5.92 Å². The molecule has 0 spiro atoms. The molecule has 3 heterocycles. The highest BCUT2D eigenvalue weighted by molar-refractivity contribution is 5.83. The van der Waals surface area contributed by atoms with E-state index >= 15 is 0 Å². The zero-order valence-corrected chi connectivity index (χ0v) is 22.0. The molecule has 1 aliphatic carbocycles. The van der Waals surface area contributed by atoms with Crippen LogP contribution in [0.15, 0.2) is 35.1 Å². The summed E-state index contributed by atoms with van der Waals surface area (Å²) in [6.45, 7) is 6.90. The summed E-state index contributed by atoms with van der Waals surface area (Å²) in [6.07, 6.45) is 5.91. The molecule has 0 unspecified atom stereocenters. The number of hydrogen-bond donors (Lipinski definition) is 1. The van der Waals surface area contributed by atoms with E-state index < -0.39 is 11.7 Å². The topological polar surface area (TPSA) is 96.8 Å². The fraction of sp³-hybridized carbons (Fsp3) is 0.571. The number of benzene rings is 1. The van der Waals surface area contributed by atoms with Gasteiger partial charge in [0.1, 0.15) is 5.60 Å². The molecule has 9 nitrogen and oxygen atoms in total. The zero-order chi connectivity index (χ0) is 26.2. The van der Waals surface area contributed by atoms with Crippen LogP contribution in [0.4, 0.5) is 10.7 Å². The van der Waals surface area contributed by atoms with Crippen LogP contribution >= 0.6 is 0 Å². The Morgan fingerprint density at radius 3 is 2.41 bits per heavy atom. The summed E-state index contributed by atoms with van der Waals surface area (Å²) in [7, 11) is 0. The first-order valence-electron chi connectivity index (χ1n) is 13.4. The second kappa shape index (κ2) is 10.2. The van der Waals surface area contributed by atoms with Gasteiger partial charge in [-0.2, -0.15) is 0 Å². The number of nitrogens with zero attached hydrogens (tertiary/aromatic N) is 4. The van der Waals surface area contributed by atoms with Crippen LogP contribution in [0.5, 0.6) is 0 Å². The third-order valence-electron chi connectivity index (χ3n) is 7.38. The molecule has 5 rings (SSSR count). The van der Waals surface area contributed by atoms with Crippen molar-refractivity contribution in [2.75, 3.05) is 25.0 Å². The van der Waals surface area contributed by atoms with E-state index in [1.165, 1.54) is 19.3 Å². The molecular weight excluding hydrogens is 470 g/mol. The molecule has 1 saturated carbocycles. The van der Waals surface area contributed by atoms with Gasteiger partial charge in [0.2, 0.25) is 11.9 Å². The minimum Gasteiger partial charge on any atom is -0.444 e. The Morgan fingerprint density at radius 2 is 1.73 bits per heavy atom. The van der Waals surface area contributed by atoms with Gasteiger partial charge in [0, 0.05) is 32.1 Å². The highest BCUT2D eigenvalue weighted by Gasteiger charge is 2.41. The first kappa shape index (κ1) is 25.3. The number of amides is 2. The molecule has 2 amide bonds. The van der Waals surface area contributed by atoms with Gasteiger partial charge in [-0.05, 0) is 45.7 Å². The van der Waals surface area contributed by atoms with Crippen LogP contribution in [0.25, 0.3) is 5.69 Å². The van der Waals surface area contributed by atoms with Crippen LogP contribution in [-0.4, -0.2) is 62.6 Å². The standard InChI is InChI=1S/C28H37N5O4/c1-28(2,3)37-27(36)32-16-19(17-32)24(34)31-15-14-23-22(18-31)25(35)33(21-12-8-5-9-13-21)26(30-23)29-20-10-6-4-7-11-20/h5,8-9,12-13,19-20H,4,6-7,10-11,14-18H2,1-3H3,(H,29,30). The molecule has 2 aromatic rings. The van der Waals surface area contributed by atoms with Crippen LogP contribution in [0.2, 0.25) is 0 Å². The van der Waals surface area contributed by atoms with Crippen LogP contribution < -0.4 is 10.9 Å². The maximum absolute atomic E-state index is 13.8. The van der Waals surface area contributed by atoms with Crippen molar-refractivity contribution in [2.45, 2.75) is 77.5 Å². The SMILES string of the molecule is CC(C)(C)OC(=O)N1CC(C(=O)N2CCc3nc(NC4CCCCC4)n(-c4ccccc4)c(=O)c3C2)C1. The molecule has 1 aromatic carbocycles. The van der Waals surface area contributed by atoms with Gasteiger partial charge in [0.25, 0.3) is 5.56 Å². The quantitative estimate of drug-likeness (QED) is 0.678. The summed E-state index contributed by atoms with van der Waals surface area (Å²) in [5.74, 6) is 0.291. The minimum absolute atomic E-state index is 0.0273. The Morgan fingerprint density at radius 1 is 1.03 bits per heavy atom. The molecular formula is C28H37N5O4. The smallest absolute Gasteiger partial charge is 0.410 e. The highest BCUT2D eigenvalue weighted by Crippen LogP contribution is 2.26. The normalized spacial score (nSPS) is 18.7. The number of carbonyl (C=O) groups excluding carboxylic acids is 2. The number of aromatic nitrogens is 2. The number of anilines is 1. The van der Waals surface area contributed by atoms with E-state index in [0.29, 0.717) is 43.6 Å². The van der Waals surface area contributed by atoms with E-state index in [-0.39, 0.29) is 23.9 Å². The summed E-state index contributed by atoms with van der Waals surface area (Å²) in [4.78, 5) is 47.6. The van der Waals surface area contributed by atoms with Crippen molar-refractivity contribution in [1.82, 2.24) is 19.4 Å². The van der Waals surface area contributed by atoms with Gasteiger partial charge in [0.15, 0.2) is 0 Å². The number of ether oxygens (including phenoxy) is 1. The van der Waals surface area contributed by atoms with E-state index in [2.05, 4.69) is 5.32 Å². The molecule has 1 aromatic heterocycles. The maximum atomic E-state index is 13.8. The molecule has 37 heavy (non-hydrogen) atoms. The van der Waals surface area contributed by atoms with Crippen molar-refractivity contribution in [1.29, 1.82) is 0 Å². The largest absolute Gasteiger partial charge is 0.444 e. The molecule has 2 fully saturated rings. The number of hydrogen-bond acceptors (Lipinski definition) is 6. The molecule has 1 saturated heterocycles. The lowest BCUT2D eigenvalue weighted by atomic mass is 9.95. The summed E-state index contributed by atoms with van der Waals surface area (Å²) in [5.41, 5.74) is 1.40. The average Bonchev–Trinajstić information content (AvgIpc) is 2.83. The van der Waals surface area contributed by atoms with Gasteiger partial charge in [0.05, 0.1) is 29.4 Å². The number of para-hydroxylation sites is 1. The van der Waals surface area contributed by atoms with Crippen LogP contribution in [0.1, 0.15) is 64.1 Å². The van der Waals surface area contributed by atoms with Crippen molar-refractivity contribution in [2.24, 2.45) is 5.92 Å². The third kappa shape index (κ3) is 5.50. The predicted octanol–water partition coefficient (Wildman–Crippen LogP) is 3.73. The maximum Gasteiger partial charge on any atom is 0.410 e. The van der Waals surface area contributed by atoms with Gasteiger partial charge in [-0.1, -0.05) is 37.5 Å². The zero-order valence-electron chi connectivity index (χ0n) is 22.0. The number of rotatable bonds is 4.